The molecule has 0 spiro atoms. The van der Waals surface area contributed by atoms with Crippen molar-refractivity contribution in [1.82, 2.24) is 9.38 Å². The highest BCUT2D eigenvalue weighted by Crippen LogP contribution is 2.36. The van der Waals surface area contributed by atoms with Crippen molar-refractivity contribution in [3.8, 4) is 21.6 Å². The Kier molecular flexibility index (Phi) is 5.10. The second kappa shape index (κ2) is 8.93. The molecule has 184 valence electrons. The van der Waals surface area contributed by atoms with Crippen LogP contribution < -0.4 is 0 Å². The minimum atomic E-state index is 0.979. The van der Waals surface area contributed by atoms with Crippen LogP contribution >= 0.6 is 11.3 Å². The quantitative estimate of drug-likeness (QED) is 0.213. The van der Waals surface area contributed by atoms with Gasteiger partial charge in [0.25, 0.3) is 0 Å². The van der Waals surface area contributed by atoms with Crippen molar-refractivity contribution in [2.45, 2.75) is 6.42 Å². The largest absolute Gasteiger partial charge is 0.292 e. The molecule has 0 saturated heterocycles. The Morgan fingerprint density at radius 1 is 0.538 bits per heavy atom. The first-order chi connectivity index (χ1) is 19.3. The number of nitrogens with zero attached hydrogens (tertiary/aromatic N) is 2. The summed E-state index contributed by atoms with van der Waals surface area (Å²) >= 11 is 1.88. The van der Waals surface area contributed by atoms with Crippen molar-refractivity contribution in [2.75, 3.05) is 0 Å². The van der Waals surface area contributed by atoms with E-state index in [0.717, 1.165) is 23.1 Å². The lowest BCUT2D eigenvalue weighted by Crippen LogP contribution is -1.91. The highest BCUT2D eigenvalue weighted by Gasteiger charge is 2.14. The van der Waals surface area contributed by atoms with Crippen LogP contribution in [0.1, 0.15) is 10.4 Å². The van der Waals surface area contributed by atoms with Crippen LogP contribution in [0.15, 0.2) is 133 Å². The van der Waals surface area contributed by atoms with Gasteiger partial charge < -0.3 is 0 Å². The van der Waals surface area contributed by atoms with E-state index < -0.39 is 0 Å². The molecule has 0 aliphatic heterocycles. The minimum absolute atomic E-state index is 0.979. The smallest absolute Gasteiger partial charge is 0.146 e. The van der Waals surface area contributed by atoms with Crippen molar-refractivity contribution in [2.24, 2.45) is 0 Å². The number of benzene rings is 5. The molecule has 0 saturated carbocycles. The van der Waals surface area contributed by atoms with Gasteiger partial charge in [0.05, 0.1) is 16.6 Å². The van der Waals surface area contributed by atoms with Gasteiger partial charge in [0.1, 0.15) is 5.65 Å². The molecule has 0 radical (unpaired) electrons. The molecule has 0 amide bonds. The van der Waals surface area contributed by atoms with E-state index in [4.69, 9.17) is 4.98 Å². The summed E-state index contributed by atoms with van der Waals surface area (Å²) in [6.07, 6.45) is 0.979. The molecule has 3 aromatic heterocycles. The van der Waals surface area contributed by atoms with E-state index in [-0.39, 0.29) is 0 Å². The number of pyridine rings is 1. The highest BCUT2D eigenvalue weighted by atomic mass is 32.1. The van der Waals surface area contributed by atoms with E-state index in [9.17, 15) is 0 Å². The molecule has 5 aromatic carbocycles. The van der Waals surface area contributed by atoms with Crippen LogP contribution in [0.25, 0.3) is 59.9 Å². The summed E-state index contributed by atoms with van der Waals surface area (Å²) in [4.78, 5) is 7.77. The number of para-hydroxylation sites is 3. The van der Waals surface area contributed by atoms with Crippen molar-refractivity contribution in [3.05, 3.63) is 144 Å². The van der Waals surface area contributed by atoms with Crippen molar-refractivity contribution < 1.29 is 0 Å². The SMILES string of the molecule is c1ccc(Cc2ccc(-c3ccc(-c4ccc5c6ccccc6n6c7ccccc7nc6c5c4)cc3)s2)cc1. The lowest BCUT2D eigenvalue weighted by molar-refractivity contribution is 1.24. The summed E-state index contributed by atoms with van der Waals surface area (Å²) in [5.74, 6) is 0. The zero-order valence-corrected chi connectivity index (χ0v) is 22.0. The Morgan fingerprint density at radius 3 is 2.13 bits per heavy atom. The zero-order valence-electron chi connectivity index (χ0n) is 21.2. The van der Waals surface area contributed by atoms with E-state index in [1.54, 1.807) is 0 Å². The fourth-order valence-corrected chi connectivity index (χ4v) is 6.79. The first-order valence-corrected chi connectivity index (χ1v) is 14.1. The van der Waals surface area contributed by atoms with Crippen molar-refractivity contribution in [3.63, 3.8) is 0 Å². The van der Waals surface area contributed by atoms with Gasteiger partial charge in [0.2, 0.25) is 0 Å². The van der Waals surface area contributed by atoms with Crippen LogP contribution in [0.3, 0.4) is 0 Å². The molecular weight excluding hydrogens is 492 g/mol. The number of hydrogen-bond acceptors (Lipinski definition) is 2. The maximum Gasteiger partial charge on any atom is 0.146 e. The number of thiophene rings is 1. The van der Waals surface area contributed by atoms with Gasteiger partial charge in [0, 0.05) is 26.9 Å². The van der Waals surface area contributed by atoms with Crippen molar-refractivity contribution in [1.29, 1.82) is 0 Å². The van der Waals surface area contributed by atoms with Gasteiger partial charge in [-0.3, -0.25) is 4.40 Å². The van der Waals surface area contributed by atoms with Gasteiger partial charge in [-0.25, -0.2) is 4.98 Å². The van der Waals surface area contributed by atoms with Crippen LogP contribution in [0.2, 0.25) is 0 Å². The van der Waals surface area contributed by atoms with E-state index in [2.05, 4.69) is 138 Å². The molecule has 3 heterocycles. The molecule has 0 atom stereocenters. The van der Waals surface area contributed by atoms with Gasteiger partial charge in [-0.05, 0) is 64.0 Å². The summed E-state index contributed by atoms with van der Waals surface area (Å²) < 4.78 is 2.31. The van der Waals surface area contributed by atoms with Gasteiger partial charge >= 0.3 is 0 Å². The maximum atomic E-state index is 5.08. The summed E-state index contributed by atoms with van der Waals surface area (Å²) in [7, 11) is 0. The molecule has 8 aromatic rings. The molecule has 8 rings (SSSR count). The second-order valence-electron chi connectivity index (χ2n) is 10.0. The summed E-state index contributed by atoms with van der Waals surface area (Å²) in [6, 6.07) is 48.0. The number of fused-ring (bicyclic) bond motifs is 8. The molecule has 0 aliphatic rings. The number of aromatic nitrogens is 2. The lowest BCUT2D eigenvalue weighted by Gasteiger charge is -2.11. The predicted molar refractivity (Wildman–Crippen MR) is 166 cm³/mol. The van der Waals surface area contributed by atoms with Gasteiger partial charge in [-0.2, -0.15) is 0 Å². The Balaban J connectivity index is 1.20. The minimum Gasteiger partial charge on any atom is -0.292 e. The van der Waals surface area contributed by atoms with Gasteiger partial charge in [0.15, 0.2) is 0 Å². The van der Waals surface area contributed by atoms with Gasteiger partial charge in [-0.1, -0.05) is 97.1 Å². The molecule has 0 unspecified atom stereocenters. The zero-order chi connectivity index (χ0) is 25.8. The molecule has 0 fully saturated rings. The number of imidazole rings is 1. The summed E-state index contributed by atoms with van der Waals surface area (Å²) in [6.45, 7) is 0. The Bertz CT molecular complexity index is 2130. The molecule has 0 N–H and O–H groups in total. The normalized spacial score (nSPS) is 11.7. The topological polar surface area (TPSA) is 17.3 Å². The molecule has 0 bridgehead atoms. The molecule has 39 heavy (non-hydrogen) atoms. The molecule has 2 nitrogen and oxygen atoms in total. The van der Waals surface area contributed by atoms with Crippen LogP contribution in [-0.2, 0) is 6.42 Å². The predicted octanol–water partition coefficient (Wildman–Crippen LogP) is 9.78. The van der Waals surface area contributed by atoms with Crippen LogP contribution in [-0.4, -0.2) is 9.38 Å². The number of rotatable bonds is 4. The van der Waals surface area contributed by atoms with E-state index in [1.807, 2.05) is 11.3 Å². The Labute approximate surface area is 230 Å². The third kappa shape index (κ3) is 3.74. The molecular formula is C36H24N2S. The lowest BCUT2D eigenvalue weighted by atomic mass is 9.98. The molecule has 3 heteroatoms. The van der Waals surface area contributed by atoms with Crippen molar-refractivity contribution >= 4 is 49.7 Å². The van der Waals surface area contributed by atoms with E-state index in [1.165, 1.54) is 53.7 Å². The van der Waals surface area contributed by atoms with Crippen LogP contribution in [0.4, 0.5) is 0 Å². The van der Waals surface area contributed by atoms with Crippen LogP contribution in [0.5, 0.6) is 0 Å². The Hall–Kier alpha value is -4.73. The monoisotopic (exact) mass is 516 g/mol. The Morgan fingerprint density at radius 2 is 1.26 bits per heavy atom. The fraction of sp³-hybridized carbons (Fsp3) is 0.0278. The summed E-state index contributed by atoms with van der Waals surface area (Å²) in [5, 5.41) is 3.66. The van der Waals surface area contributed by atoms with Gasteiger partial charge in [-0.15, -0.1) is 11.3 Å². The van der Waals surface area contributed by atoms with E-state index >= 15 is 0 Å². The average Bonchev–Trinajstić information content (AvgIpc) is 3.63. The first-order valence-electron chi connectivity index (χ1n) is 13.3. The maximum absolute atomic E-state index is 5.08. The second-order valence-corrected chi connectivity index (χ2v) is 11.2. The highest BCUT2D eigenvalue weighted by molar-refractivity contribution is 7.15. The summed E-state index contributed by atoms with van der Waals surface area (Å²) in [5.41, 5.74) is 9.39. The average molecular weight is 517 g/mol. The molecule has 0 aliphatic carbocycles. The number of hydrogen-bond donors (Lipinski definition) is 0. The third-order valence-corrected chi connectivity index (χ3v) is 8.78. The van der Waals surface area contributed by atoms with E-state index in [0.29, 0.717) is 0 Å². The van der Waals surface area contributed by atoms with Crippen LogP contribution in [0, 0.1) is 0 Å². The standard InChI is InChI=1S/C36H24N2S/c1-2-8-24(9-3-1)22-28-19-21-35(39-28)26-16-14-25(15-17-26)27-18-20-29-30-10-4-6-12-33(30)38-34-13-7-5-11-32(34)37-36(38)31(29)23-27/h1-21,23H,22H2. The fourth-order valence-electron chi connectivity index (χ4n) is 5.74. The first kappa shape index (κ1) is 22.3. The third-order valence-electron chi connectivity index (χ3n) is 7.64.